The number of amides is 2. The molecule has 4 aromatic rings. The summed E-state index contributed by atoms with van der Waals surface area (Å²) in [6, 6.07) is 33.0. The molecule has 0 radical (unpaired) electrons. The smallest absolute Gasteiger partial charge is 0.268 e. The van der Waals surface area contributed by atoms with Crippen molar-refractivity contribution in [3.63, 3.8) is 0 Å². The molecule has 1 atom stereocenters. The Bertz CT molecular complexity index is 1330. The van der Waals surface area contributed by atoms with Crippen LogP contribution in [-0.2, 0) is 16.1 Å². The van der Waals surface area contributed by atoms with Gasteiger partial charge in [-0.1, -0.05) is 90.5 Å². The fraction of sp³-hybridized carbons (Fsp3) is 0.161. The third-order valence-electron chi connectivity index (χ3n) is 6.42. The molecule has 1 heterocycles. The Balaban J connectivity index is 1.45. The molecular formula is C31H28N2O3. The standard InChI is InChI=1S/C31H28N2O3/c1-21-13-15-23(16-14-21)20-33-27-19-26(17-18-28(27)36-22(2)31(33)35)32-30(34)29(24-9-5-3-6-10-24)25-11-7-4-8-12-25/h3-19,22,29H,20H2,1-2H3,(H,32,34). The SMILES string of the molecule is Cc1ccc(CN2C(=O)C(C)Oc3ccc(NC(=O)C(c4ccccc4)c4ccccc4)cc32)cc1. The van der Waals surface area contributed by atoms with Gasteiger partial charge < -0.3 is 15.0 Å². The molecule has 5 heteroatoms. The number of fused-ring (bicyclic) bond motifs is 1. The van der Waals surface area contributed by atoms with Crippen LogP contribution in [0.5, 0.6) is 5.75 Å². The summed E-state index contributed by atoms with van der Waals surface area (Å²) in [6.45, 7) is 4.22. The van der Waals surface area contributed by atoms with Crippen LogP contribution in [0.25, 0.3) is 0 Å². The zero-order chi connectivity index (χ0) is 25.1. The second-order valence-corrected chi connectivity index (χ2v) is 9.10. The van der Waals surface area contributed by atoms with Crippen LogP contribution in [0.15, 0.2) is 103 Å². The van der Waals surface area contributed by atoms with Crippen LogP contribution in [0, 0.1) is 6.92 Å². The number of benzene rings is 4. The normalized spacial score (nSPS) is 14.8. The summed E-state index contributed by atoms with van der Waals surface area (Å²) in [4.78, 5) is 28.4. The monoisotopic (exact) mass is 476 g/mol. The molecule has 180 valence electrons. The average molecular weight is 477 g/mol. The van der Waals surface area contributed by atoms with Crippen molar-refractivity contribution in [1.29, 1.82) is 0 Å². The molecular weight excluding hydrogens is 448 g/mol. The summed E-state index contributed by atoms with van der Waals surface area (Å²) < 4.78 is 5.87. The zero-order valence-electron chi connectivity index (χ0n) is 20.3. The second-order valence-electron chi connectivity index (χ2n) is 9.10. The minimum Gasteiger partial charge on any atom is -0.479 e. The molecule has 0 saturated carbocycles. The number of hydrogen-bond donors (Lipinski definition) is 1. The first kappa shape index (κ1) is 23.4. The first-order valence-corrected chi connectivity index (χ1v) is 12.1. The molecule has 0 spiro atoms. The highest BCUT2D eigenvalue weighted by Gasteiger charge is 2.32. The maximum Gasteiger partial charge on any atom is 0.268 e. The zero-order valence-corrected chi connectivity index (χ0v) is 20.3. The van der Waals surface area contributed by atoms with E-state index in [0.29, 0.717) is 23.7 Å². The van der Waals surface area contributed by atoms with E-state index in [0.717, 1.165) is 22.3 Å². The van der Waals surface area contributed by atoms with Crippen LogP contribution >= 0.6 is 0 Å². The fourth-order valence-corrected chi connectivity index (χ4v) is 4.52. The van der Waals surface area contributed by atoms with E-state index in [9.17, 15) is 9.59 Å². The second kappa shape index (κ2) is 10.1. The van der Waals surface area contributed by atoms with E-state index >= 15 is 0 Å². The molecule has 1 N–H and O–H groups in total. The highest BCUT2D eigenvalue weighted by atomic mass is 16.5. The maximum atomic E-state index is 13.6. The molecule has 36 heavy (non-hydrogen) atoms. The van der Waals surface area contributed by atoms with Gasteiger partial charge in [-0.05, 0) is 48.7 Å². The van der Waals surface area contributed by atoms with Gasteiger partial charge >= 0.3 is 0 Å². The lowest BCUT2D eigenvalue weighted by Gasteiger charge is -2.33. The Labute approximate surface area is 211 Å². The maximum absolute atomic E-state index is 13.6. The minimum absolute atomic E-state index is 0.113. The molecule has 0 bridgehead atoms. The van der Waals surface area contributed by atoms with Crippen molar-refractivity contribution >= 4 is 23.2 Å². The molecule has 0 aromatic heterocycles. The molecule has 1 aliphatic heterocycles. The van der Waals surface area contributed by atoms with Gasteiger partial charge in [0.25, 0.3) is 5.91 Å². The Morgan fingerprint density at radius 2 is 1.50 bits per heavy atom. The van der Waals surface area contributed by atoms with Crippen molar-refractivity contribution in [2.24, 2.45) is 0 Å². The first-order valence-electron chi connectivity index (χ1n) is 12.1. The fourth-order valence-electron chi connectivity index (χ4n) is 4.52. The third kappa shape index (κ3) is 4.86. The van der Waals surface area contributed by atoms with Gasteiger partial charge in [0.2, 0.25) is 5.91 Å². The van der Waals surface area contributed by atoms with Crippen molar-refractivity contribution in [1.82, 2.24) is 0 Å². The van der Waals surface area contributed by atoms with E-state index < -0.39 is 12.0 Å². The van der Waals surface area contributed by atoms with Crippen LogP contribution in [0.2, 0.25) is 0 Å². The van der Waals surface area contributed by atoms with Gasteiger partial charge in [0.1, 0.15) is 5.75 Å². The van der Waals surface area contributed by atoms with Crippen LogP contribution in [0.3, 0.4) is 0 Å². The van der Waals surface area contributed by atoms with Crippen molar-refractivity contribution in [3.05, 3.63) is 125 Å². The molecule has 5 rings (SSSR count). The number of nitrogens with zero attached hydrogens (tertiary/aromatic N) is 1. The first-order chi connectivity index (χ1) is 17.5. The van der Waals surface area contributed by atoms with Crippen molar-refractivity contribution in [2.75, 3.05) is 10.2 Å². The minimum atomic E-state index is -0.580. The number of rotatable bonds is 6. The molecule has 0 fully saturated rings. The van der Waals surface area contributed by atoms with E-state index in [4.69, 9.17) is 4.74 Å². The molecule has 5 nitrogen and oxygen atoms in total. The molecule has 4 aromatic carbocycles. The van der Waals surface area contributed by atoms with E-state index in [-0.39, 0.29) is 11.8 Å². The summed E-state index contributed by atoms with van der Waals surface area (Å²) in [7, 11) is 0. The lowest BCUT2D eigenvalue weighted by Crippen LogP contribution is -2.44. The Kier molecular flexibility index (Phi) is 6.54. The summed E-state index contributed by atoms with van der Waals surface area (Å²) in [5.41, 5.74) is 5.26. The van der Waals surface area contributed by atoms with Gasteiger partial charge in [0.15, 0.2) is 6.10 Å². The Morgan fingerprint density at radius 3 is 2.11 bits per heavy atom. The van der Waals surface area contributed by atoms with E-state index in [2.05, 4.69) is 5.32 Å². The number of nitrogens with one attached hydrogen (secondary N) is 1. The van der Waals surface area contributed by atoms with Gasteiger partial charge in [-0.15, -0.1) is 0 Å². The average Bonchev–Trinajstić information content (AvgIpc) is 2.90. The summed E-state index contributed by atoms with van der Waals surface area (Å²) in [5, 5.41) is 3.07. The van der Waals surface area contributed by atoms with E-state index in [1.165, 1.54) is 0 Å². The molecule has 0 saturated heterocycles. The molecule has 0 aliphatic carbocycles. The van der Waals surface area contributed by atoms with Crippen molar-refractivity contribution in [2.45, 2.75) is 32.4 Å². The van der Waals surface area contributed by atoms with Crippen LogP contribution in [-0.4, -0.2) is 17.9 Å². The van der Waals surface area contributed by atoms with E-state index in [1.807, 2.05) is 110 Å². The van der Waals surface area contributed by atoms with Crippen LogP contribution in [0.1, 0.15) is 35.1 Å². The number of hydrogen-bond acceptors (Lipinski definition) is 3. The highest BCUT2D eigenvalue weighted by Crippen LogP contribution is 2.38. The Morgan fingerprint density at radius 1 is 0.889 bits per heavy atom. The number of ether oxygens (including phenoxy) is 1. The lowest BCUT2D eigenvalue weighted by atomic mass is 9.90. The van der Waals surface area contributed by atoms with Gasteiger partial charge in [-0.2, -0.15) is 0 Å². The predicted octanol–water partition coefficient (Wildman–Crippen LogP) is 6.08. The van der Waals surface area contributed by atoms with Gasteiger partial charge in [0, 0.05) is 5.69 Å². The highest BCUT2D eigenvalue weighted by molar-refractivity contribution is 6.02. The largest absolute Gasteiger partial charge is 0.479 e. The quantitative estimate of drug-likeness (QED) is 0.367. The third-order valence-corrected chi connectivity index (χ3v) is 6.42. The molecule has 1 unspecified atom stereocenters. The lowest BCUT2D eigenvalue weighted by molar-refractivity contribution is -0.125. The predicted molar refractivity (Wildman–Crippen MR) is 142 cm³/mol. The van der Waals surface area contributed by atoms with Gasteiger partial charge in [0.05, 0.1) is 18.2 Å². The molecule has 1 aliphatic rings. The van der Waals surface area contributed by atoms with Gasteiger partial charge in [-0.3, -0.25) is 9.59 Å². The van der Waals surface area contributed by atoms with Crippen molar-refractivity contribution < 1.29 is 14.3 Å². The summed E-state index contributed by atoms with van der Waals surface area (Å²) in [5.74, 6) is -0.105. The van der Waals surface area contributed by atoms with Crippen molar-refractivity contribution in [3.8, 4) is 5.75 Å². The summed E-state index contributed by atoms with van der Waals surface area (Å²) in [6.07, 6.45) is -0.580. The number of carbonyl (C=O) groups excluding carboxylic acids is 2. The number of anilines is 2. The van der Waals surface area contributed by atoms with Crippen LogP contribution < -0.4 is 15.0 Å². The Hall–Kier alpha value is -4.38. The number of carbonyl (C=O) groups is 2. The molecule has 2 amide bonds. The van der Waals surface area contributed by atoms with E-state index in [1.54, 1.807) is 11.8 Å². The van der Waals surface area contributed by atoms with Gasteiger partial charge in [-0.25, -0.2) is 0 Å². The van der Waals surface area contributed by atoms with Crippen LogP contribution in [0.4, 0.5) is 11.4 Å². The number of aryl methyl sites for hydroxylation is 1. The topological polar surface area (TPSA) is 58.6 Å². The summed E-state index contributed by atoms with van der Waals surface area (Å²) >= 11 is 0.